The van der Waals surface area contributed by atoms with E-state index in [2.05, 4.69) is 15.7 Å². The van der Waals surface area contributed by atoms with Gasteiger partial charge in [0, 0.05) is 23.7 Å². The standard InChI is InChI=1S/C12H20N2OS/c1-9-8-16-12(14-9)7-13-10-5-3-2-4-6-11(10)15/h8,10-11,13,15H,2-7H2,1H3. The quantitative estimate of drug-likeness (QED) is 0.796. The fourth-order valence-electron chi connectivity index (χ4n) is 2.23. The molecule has 2 unspecified atom stereocenters. The van der Waals surface area contributed by atoms with Crippen LogP contribution in [0.25, 0.3) is 0 Å². The Hall–Kier alpha value is -0.450. The number of rotatable bonds is 3. The molecule has 90 valence electrons. The summed E-state index contributed by atoms with van der Waals surface area (Å²) in [7, 11) is 0. The van der Waals surface area contributed by atoms with Crippen molar-refractivity contribution in [1.29, 1.82) is 0 Å². The predicted molar refractivity (Wildman–Crippen MR) is 66.6 cm³/mol. The van der Waals surface area contributed by atoms with Crippen molar-refractivity contribution in [3.8, 4) is 0 Å². The lowest BCUT2D eigenvalue weighted by Crippen LogP contribution is -2.38. The molecule has 1 aliphatic rings. The zero-order chi connectivity index (χ0) is 11.4. The van der Waals surface area contributed by atoms with Crippen molar-refractivity contribution in [2.24, 2.45) is 0 Å². The van der Waals surface area contributed by atoms with E-state index >= 15 is 0 Å². The number of hydrogen-bond donors (Lipinski definition) is 2. The fourth-order valence-corrected chi connectivity index (χ4v) is 2.95. The maximum atomic E-state index is 9.95. The Morgan fingerprint density at radius 3 is 3.00 bits per heavy atom. The molecular weight excluding hydrogens is 220 g/mol. The molecule has 4 heteroatoms. The maximum Gasteiger partial charge on any atom is 0.107 e. The zero-order valence-electron chi connectivity index (χ0n) is 9.78. The largest absolute Gasteiger partial charge is 0.392 e. The topological polar surface area (TPSA) is 45.1 Å². The Bertz CT molecular complexity index is 327. The Morgan fingerprint density at radius 2 is 2.25 bits per heavy atom. The van der Waals surface area contributed by atoms with Crippen LogP contribution >= 0.6 is 11.3 Å². The molecule has 0 aliphatic heterocycles. The third-order valence-corrected chi connectivity index (χ3v) is 4.13. The Kier molecular flexibility index (Phi) is 4.32. The number of aryl methyl sites for hydroxylation is 1. The predicted octanol–water partition coefficient (Wildman–Crippen LogP) is 2.23. The molecule has 1 aromatic rings. The summed E-state index contributed by atoms with van der Waals surface area (Å²) in [5.74, 6) is 0. The van der Waals surface area contributed by atoms with Gasteiger partial charge in [-0.25, -0.2) is 4.98 Å². The highest BCUT2D eigenvalue weighted by Gasteiger charge is 2.20. The third kappa shape index (κ3) is 3.27. The second-order valence-electron chi connectivity index (χ2n) is 4.58. The van der Waals surface area contributed by atoms with Crippen molar-refractivity contribution >= 4 is 11.3 Å². The van der Waals surface area contributed by atoms with E-state index in [4.69, 9.17) is 0 Å². The molecule has 0 radical (unpaired) electrons. The maximum absolute atomic E-state index is 9.95. The van der Waals surface area contributed by atoms with Crippen LogP contribution < -0.4 is 5.32 Å². The van der Waals surface area contributed by atoms with E-state index in [1.165, 1.54) is 12.8 Å². The summed E-state index contributed by atoms with van der Waals surface area (Å²) in [6.45, 7) is 2.81. The van der Waals surface area contributed by atoms with Gasteiger partial charge >= 0.3 is 0 Å². The van der Waals surface area contributed by atoms with E-state index in [-0.39, 0.29) is 12.1 Å². The van der Waals surface area contributed by atoms with Gasteiger partial charge in [-0.2, -0.15) is 0 Å². The van der Waals surface area contributed by atoms with E-state index in [1.54, 1.807) is 11.3 Å². The highest BCUT2D eigenvalue weighted by atomic mass is 32.1. The molecule has 2 N–H and O–H groups in total. The smallest absolute Gasteiger partial charge is 0.107 e. The SMILES string of the molecule is Cc1csc(CNC2CCCCCC2O)n1. The van der Waals surface area contributed by atoms with Crippen LogP contribution in [0.3, 0.4) is 0 Å². The first-order valence-corrected chi connectivity index (χ1v) is 6.96. The summed E-state index contributed by atoms with van der Waals surface area (Å²) < 4.78 is 0. The Labute approximate surface area is 101 Å². The van der Waals surface area contributed by atoms with Crippen molar-refractivity contribution in [3.05, 3.63) is 16.1 Å². The van der Waals surface area contributed by atoms with Gasteiger partial charge in [-0.05, 0) is 19.8 Å². The summed E-state index contributed by atoms with van der Waals surface area (Å²) in [6.07, 6.45) is 5.50. The second-order valence-corrected chi connectivity index (χ2v) is 5.52. The van der Waals surface area contributed by atoms with E-state index in [1.807, 2.05) is 6.92 Å². The molecule has 1 saturated carbocycles. The Morgan fingerprint density at radius 1 is 1.44 bits per heavy atom. The number of nitrogens with zero attached hydrogens (tertiary/aromatic N) is 1. The van der Waals surface area contributed by atoms with Gasteiger partial charge in [0.05, 0.1) is 6.10 Å². The van der Waals surface area contributed by atoms with Gasteiger partial charge in [-0.3, -0.25) is 0 Å². The van der Waals surface area contributed by atoms with Crippen LogP contribution in [0.4, 0.5) is 0 Å². The van der Waals surface area contributed by atoms with Gasteiger partial charge in [0.2, 0.25) is 0 Å². The molecule has 0 aromatic carbocycles. The van der Waals surface area contributed by atoms with Crippen LogP contribution in [0, 0.1) is 6.92 Å². The van der Waals surface area contributed by atoms with Crippen LogP contribution in [-0.4, -0.2) is 22.2 Å². The third-order valence-electron chi connectivity index (χ3n) is 3.16. The number of thiazole rings is 1. The first kappa shape index (κ1) is 12.0. The minimum atomic E-state index is -0.177. The van der Waals surface area contributed by atoms with Crippen molar-refractivity contribution in [2.45, 2.75) is 57.7 Å². The highest BCUT2D eigenvalue weighted by molar-refractivity contribution is 7.09. The number of aliphatic hydroxyl groups is 1. The van der Waals surface area contributed by atoms with E-state index < -0.39 is 0 Å². The highest BCUT2D eigenvalue weighted by Crippen LogP contribution is 2.18. The summed E-state index contributed by atoms with van der Waals surface area (Å²) in [6, 6.07) is 0.256. The van der Waals surface area contributed by atoms with Crippen molar-refractivity contribution < 1.29 is 5.11 Å². The van der Waals surface area contributed by atoms with Gasteiger partial charge in [0.15, 0.2) is 0 Å². The molecule has 1 aromatic heterocycles. The van der Waals surface area contributed by atoms with Gasteiger partial charge < -0.3 is 10.4 Å². The lowest BCUT2D eigenvalue weighted by Gasteiger charge is -2.21. The van der Waals surface area contributed by atoms with E-state index in [9.17, 15) is 5.11 Å². The van der Waals surface area contributed by atoms with Crippen LogP contribution in [-0.2, 0) is 6.54 Å². The van der Waals surface area contributed by atoms with E-state index in [0.717, 1.165) is 36.5 Å². The van der Waals surface area contributed by atoms with Crippen molar-refractivity contribution in [2.75, 3.05) is 0 Å². The molecule has 3 nitrogen and oxygen atoms in total. The minimum absolute atomic E-state index is 0.177. The molecule has 1 fully saturated rings. The first-order chi connectivity index (χ1) is 7.75. The van der Waals surface area contributed by atoms with E-state index in [0.29, 0.717) is 0 Å². The number of nitrogens with one attached hydrogen (secondary N) is 1. The molecule has 2 atom stereocenters. The fraction of sp³-hybridized carbons (Fsp3) is 0.750. The summed E-state index contributed by atoms with van der Waals surface area (Å²) in [5, 5.41) is 16.6. The lowest BCUT2D eigenvalue weighted by molar-refractivity contribution is 0.119. The van der Waals surface area contributed by atoms with Gasteiger partial charge in [0.25, 0.3) is 0 Å². The van der Waals surface area contributed by atoms with Crippen LogP contribution in [0.2, 0.25) is 0 Å². The van der Waals surface area contributed by atoms with Crippen molar-refractivity contribution in [1.82, 2.24) is 10.3 Å². The normalized spacial score (nSPS) is 26.6. The van der Waals surface area contributed by atoms with Crippen LogP contribution in [0.5, 0.6) is 0 Å². The molecule has 0 bridgehead atoms. The average Bonchev–Trinajstić information content (AvgIpc) is 2.56. The first-order valence-electron chi connectivity index (χ1n) is 6.08. The van der Waals surface area contributed by atoms with Gasteiger partial charge in [-0.1, -0.05) is 19.3 Å². The molecule has 16 heavy (non-hydrogen) atoms. The summed E-state index contributed by atoms with van der Waals surface area (Å²) >= 11 is 1.69. The zero-order valence-corrected chi connectivity index (χ0v) is 10.6. The molecular formula is C12H20N2OS. The average molecular weight is 240 g/mol. The monoisotopic (exact) mass is 240 g/mol. The Balaban J connectivity index is 1.83. The molecule has 1 heterocycles. The molecule has 0 amide bonds. The summed E-state index contributed by atoms with van der Waals surface area (Å²) in [4.78, 5) is 4.42. The number of aromatic nitrogens is 1. The number of hydrogen-bond acceptors (Lipinski definition) is 4. The van der Waals surface area contributed by atoms with Crippen LogP contribution in [0.15, 0.2) is 5.38 Å². The lowest BCUT2D eigenvalue weighted by atomic mass is 10.1. The number of aliphatic hydroxyl groups excluding tert-OH is 1. The van der Waals surface area contributed by atoms with Crippen LogP contribution in [0.1, 0.15) is 42.8 Å². The molecule has 0 spiro atoms. The summed E-state index contributed by atoms with van der Waals surface area (Å²) in [5.41, 5.74) is 1.09. The molecule has 1 aliphatic carbocycles. The second kappa shape index (κ2) is 5.75. The minimum Gasteiger partial charge on any atom is -0.392 e. The van der Waals surface area contributed by atoms with Gasteiger partial charge in [-0.15, -0.1) is 11.3 Å². The molecule has 2 rings (SSSR count). The molecule has 0 saturated heterocycles. The van der Waals surface area contributed by atoms with Crippen molar-refractivity contribution in [3.63, 3.8) is 0 Å². The van der Waals surface area contributed by atoms with Gasteiger partial charge in [0.1, 0.15) is 5.01 Å².